The number of aromatic hydroxyl groups is 2. The molecule has 0 radical (unpaired) electrons. The van der Waals surface area contributed by atoms with Gasteiger partial charge in [-0.25, -0.2) is 0 Å². The minimum atomic E-state index is -0.870. The third-order valence-electron chi connectivity index (χ3n) is 10.2. The van der Waals surface area contributed by atoms with Gasteiger partial charge in [0.25, 0.3) is 0 Å². The molecule has 63 heavy (non-hydrogen) atoms. The van der Waals surface area contributed by atoms with Gasteiger partial charge < -0.3 is 58.1 Å². The molecule has 8 aromatic rings. The average molecular weight is 863 g/mol. The van der Waals surface area contributed by atoms with Gasteiger partial charge in [-0.1, -0.05) is 0 Å². The Balaban J connectivity index is 0.000000159. The Hall–Kier alpha value is -7.88. The van der Waals surface area contributed by atoms with Crippen molar-refractivity contribution in [1.29, 1.82) is 0 Å². The Morgan fingerprint density at radius 2 is 0.889 bits per heavy atom. The number of hydrogen-bond donors (Lipinski definition) is 5. The monoisotopic (exact) mass is 862 g/mol. The number of carboxylic acid groups (broad SMARTS) is 2. The van der Waals surface area contributed by atoms with Crippen molar-refractivity contribution in [3.8, 4) is 23.0 Å². The number of rotatable bonds is 10. The molecule has 0 aliphatic heterocycles. The van der Waals surface area contributed by atoms with E-state index in [1.165, 1.54) is 14.2 Å². The maximum atomic E-state index is 11.3. The standard InChI is InChI=1S/C13H15NO3.C12H13NO3.2C11H11NO3/c1-14-8-9(6-13(15)17-3)11-7-10(16-2)4-5-12(11)14;1-13-7-8(5-12(15)16-2)10-6-9(14)3-4-11(10)13;1-15-8-2-3-10-9(5-8)7(6-12-10)4-11(13)14;1-12-6-7(4-11(14)15)9-5-8(13)2-3-10(9)12/h4-5,7-8H,6H2,1-3H3;3-4,6-7,14H,5H2,1-2H3;2-3,5-6,12H,4H2,1H3,(H,13,14);2-3,5-6,13H,4H2,1H3,(H,14,15). The Bertz CT molecular complexity index is 2920. The number of carbonyl (C=O) groups is 4. The van der Waals surface area contributed by atoms with Crippen LogP contribution in [0.25, 0.3) is 43.6 Å². The number of methoxy groups -OCH3 is 4. The van der Waals surface area contributed by atoms with Crippen molar-refractivity contribution in [2.24, 2.45) is 21.1 Å². The first kappa shape index (κ1) is 46.2. The second kappa shape index (κ2) is 20.6. The van der Waals surface area contributed by atoms with Gasteiger partial charge in [0.05, 0.1) is 54.1 Å². The molecule has 5 N–H and O–H groups in total. The number of H-pyrrole nitrogens is 1. The number of esters is 2. The third-order valence-corrected chi connectivity index (χ3v) is 10.2. The Labute approximate surface area is 362 Å². The van der Waals surface area contributed by atoms with Crippen LogP contribution in [0, 0.1) is 0 Å². The normalized spacial score (nSPS) is 10.6. The summed E-state index contributed by atoms with van der Waals surface area (Å²) in [6.07, 6.45) is 7.81. The molecule has 0 spiro atoms. The van der Waals surface area contributed by atoms with Gasteiger partial charge in [0.1, 0.15) is 23.0 Å². The first-order valence-electron chi connectivity index (χ1n) is 19.4. The van der Waals surface area contributed by atoms with Crippen LogP contribution in [0.15, 0.2) is 97.6 Å². The first-order chi connectivity index (χ1) is 30.0. The van der Waals surface area contributed by atoms with Crippen molar-refractivity contribution in [2.75, 3.05) is 28.4 Å². The number of ether oxygens (including phenoxy) is 4. The molecule has 16 heteroatoms. The van der Waals surface area contributed by atoms with Crippen LogP contribution in [0.4, 0.5) is 0 Å². The zero-order valence-electron chi connectivity index (χ0n) is 36.0. The van der Waals surface area contributed by atoms with Crippen LogP contribution in [0.3, 0.4) is 0 Å². The van der Waals surface area contributed by atoms with Crippen molar-refractivity contribution in [2.45, 2.75) is 25.7 Å². The summed E-state index contributed by atoms with van der Waals surface area (Å²) in [5, 5.41) is 39.8. The van der Waals surface area contributed by atoms with E-state index >= 15 is 0 Å². The lowest BCUT2D eigenvalue weighted by Crippen LogP contribution is -2.03. The van der Waals surface area contributed by atoms with Gasteiger partial charge in [0.15, 0.2) is 0 Å². The molecule has 0 saturated heterocycles. The predicted molar refractivity (Wildman–Crippen MR) is 238 cm³/mol. The summed E-state index contributed by atoms with van der Waals surface area (Å²) >= 11 is 0. The summed E-state index contributed by atoms with van der Waals surface area (Å²) < 4.78 is 25.4. The lowest BCUT2D eigenvalue weighted by molar-refractivity contribution is -0.140. The molecular formula is C47H50N4O12. The molecule has 0 atom stereocenters. The number of aliphatic carboxylic acids is 2. The second-order valence-electron chi connectivity index (χ2n) is 14.5. The van der Waals surface area contributed by atoms with Gasteiger partial charge in [0.2, 0.25) is 0 Å². The summed E-state index contributed by atoms with van der Waals surface area (Å²) in [4.78, 5) is 46.8. The van der Waals surface area contributed by atoms with Gasteiger partial charge in [-0.3, -0.25) is 19.2 Å². The second-order valence-corrected chi connectivity index (χ2v) is 14.5. The highest BCUT2D eigenvalue weighted by atomic mass is 16.5. The van der Waals surface area contributed by atoms with Gasteiger partial charge in [-0.15, -0.1) is 0 Å². The number of phenols is 2. The summed E-state index contributed by atoms with van der Waals surface area (Å²) in [5.41, 5.74) is 7.21. The van der Waals surface area contributed by atoms with Gasteiger partial charge in [-0.2, -0.15) is 0 Å². The highest BCUT2D eigenvalue weighted by molar-refractivity contribution is 5.91. The zero-order valence-corrected chi connectivity index (χ0v) is 36.0. The smallest absolute Gasteiger partial charge is 0.310 e. The van der Waals surface area contributed by atoms with Crippen molar-refractivity contribution in [3.63, 3.8) is 0 Å². The van der Waals surface area contributed by atoms with Crippen molar-refractivity contribution >= 4 is 67.5 Å². The lowest BCUT2D eigenvalue weighted by atomic mass is 10.1. The molecule has 0 aliphatic carbocycles. The number of nitrogens with zero attached hydrogens (tertiary/aromatic N) is 3. The van der Waals surface area contributed by atoms with Crippen LogP contribution in [0.5, 0.6) is 23.0 Å². The third kappa shape index (κ3) is 11.5. The van der Waals surface area contributed by atoms with Crippen LogP contribution in [-0.4, -0.2) is 91.4 Å². The summed E-state index contributed by atoms with van der Waals surface area (Å²) in [6.45, 7) is 0. The van der Waals surface area contributed by atoms with E-state index in [-0.39, 0.29) is 49.1 Å². The molecule has 0 bridgehead atoms. The summed E-state index contributed by atoms with van der Waals surface area (Å²) in [6, 6.07) is 21.4. The maximum Gasteiger partial charge on any atom is 0.310 e. The van der Waals surface area contributed by atoms with E-state index in [1.807, 2.05) is 89.7 Å². The fraction of sp³-hybridized carbons (Fsp3) is 0.234. The molecular weight excluding hydrogens is 813 g/mol. The minimum Gasteiger partial charge on any atom is -0.508 e. The zero-order chi connectivity index (χ0) is 46.0. The van der Waals surface area contributed by atoms with E-state index in [9.17, 15) is 29.4 Å². The molecule has 4 heterocycles. The molecule has 8 rings (SSSR count). The number of aryl methyl sites for hydroxylation is 3. The van der Waals surface area contributed by atoms with Crippen LogP contribution in [0.1, 0.15) is 22.3 Å². The fourth-order valence-corrected chi connectivity index (χ4v) is 7.14. The van der Waals surface area contributed by atoms with Crippen LogP contribution in [-0.2, 0) is 75.5 Å². The number of aromatic amines is 1. The Kier molecular flexibility index (Phi) is 15.1. The number of benzene rings is 4. The Morgan fingerprint density at radius 3 is 1.32 bits per heavy atom. The number of fused-ring (bicyclic) bond motifs is 4. The first-order valence-corrected chi connectivity index (χ1v) is 19.4. The van der Waals surface area contributed by atoms with Crippen LogP contribution in [0.2, 0.25) is 0 Å². The molecule has 0 aliphatic rings. The fourth-order valence-electron chi connectivity index (χ4n) is 7.14. The Morgan fingerprint density at radius 1 is 0.508 bits per heavy atom. The van der Waals surface area contributed by atoms with Crippen molar-refractivity contribution in [3.05, 3.63) is 120 Å². The van der Waals surface area contributed by atoms with Gasteiger partial charge >= 0.3 is 23.9 Å². The van der Waals surface area contributed by atoms with Gasteiger partial charge in [0, 0.05) is 89.5 Å². The van der Waals surface area contributed by atoms with E-state index in [0.29, 0.717) is 0 Å². The molecule has 330 valence electrons. The molecule has 4 aromatic heterocycles. The summed E-state index contributed by atoms with van der Waals surface area (Å²) in [7, 11) is 11.7. The molecule has 0 unspecified atom stereocenters. The van der Waals surface area contributed by atoms with E-state index in [0.717, 1.165) is 77.4 Å². The van der Waals surface area contributed by atoms with E-state index in [2.05, 4.69) is 14.5 Å². The number of hydrogen-bond acceptors (Lipinski definition) is 10. The molecule has 16 nitrogen and oxygen atoms in total. The van der Waals surface area contributed by atoms with Crippen molar-refractivity contribution < 1.29 is 58.6 Å². The summed E-state index contributed by atoms with van der Waals surface area (Å²) in [5.74, 6) is -0.352. The largest absolute Gasteiger partial charge is 0.508 e. The highest BCUT2D eigenvalue weighted by Gasteiger charge is 2.14. The maximum absolute atomic E-state index is 11.3. The number of carboxylic acids is 2. The molecule has 0 fully saturated rings. The van der Waals surface area contributed by atoms with E-state index in [4.69, 9.17) is 19.7 Å². The van der Waals surface area contributed by atoms with Crippen LogP contribution >= 0.6 is 0 Å². The average Bonchev–Trinajstić information content (AvgIpc) is 3.98. The SMILES string of the molecule is COC(=O)Cc1cn(C)c2ccc(O)cc12.COC(=O)Cc1cn(C)c2ccc(OC)cc12.COc1ccc2[nH]cc(CC(=O)O)c2c1.Cn1cc(CC(=O)O)c2cc(O)ccc21. The number of nitrogens with one attached hydrogen (secondary N) is 1. The van der Waals surface area contributed by atoms with E-state index in [1.54, 1.807) is 56.9 Å². The topological polar surface area (TPSA) is 217 Å². The van der Waals surface area contributed by atoms with Gasteiger partial charge in [-0.05, 0) is 95.1 Å². The highest BCUT2D eigenvalue weighted by Crippen LogP contribution is 2.28. The molecule has 4 aromatic carbocycles. The number of carbonyl (C=O) groups excluding carboxylic acids is 2. The molecule has 0 saturated carbocycles. The predicted octanol–water partition coefficient (Wildman–Crippen LogP) is 6.82. The molecule has 0 amide bonds. The van der Waals surface area contributed by atoms with E-state index < -0.39 is 11.9 Å². The van der Waals surface area contributed by atoms with Crippen molar-refractivity contribution in [1.82, 2.24) is 18.7 Å². The number of aromatic nitrogens is 4. The minimum absolute atomic E-state index is 0.0210. The quantitative estimate of drug-likeness (QED) is 0.0896. The van der Waals surface area contributed by atoms with Crippen LogP contribution < -0.4 is 9.47 Å². The number of phenolic OH excluding ortho intramolecular Hbond substituents is 2. The lowest BCUT2D eigenvalue weighted by Gasteiger charge is -2.01.